The van der Waals surface area contributed by atoms with Crippen LogP contribution in [0.2, 0.25) is 0 Å². The first-order valence-electron chi connectivity index (χ1n) is 6.28. The molecule has 2 N–H and O–H groups in total. The second-order valence-electron chi connectivity index (χ2n) is 5.21. The van der Waals surface area contributed by atoms with E-state index in [1.807, 2.05) is 0 Å². The second kappa shape index (κ2) is 5.55. The first kappa shape index (κ1) is 15.0. The maximum absolute atomic E-state index is 12.5. The molecule has 108 valence electrons. The summed E-state index contributed by atoms with van der Waals surface area (Å²) in [6, 6.07) is 5.07. The van der Waals surface area contributed by atoms with Gasteiger partial charge in [-0.15, -0.1) is 11.8 Å². The van der Waals surface area contributed by atoms with Gasteiger partial charge in [0.25, 0.3) is 0 Å². The average Bonchev–Trinajstić information content (AvgIpc) is 2.42. The standard InChI is InChI=1S/C14H17NO4S/c1-14(2)13(19)15(6-10(18)8-17)11-4-3-9(7-16)5-12(11)20-14/h3-5,7,10,17-18H,6,8H2,1-2H3. The number of rotatable bonds is 4. The van der Waals surface area contributed by atoms with Crippen molar-refractivity contribution in [1.82, 2.24) is 0 Å². The Labute approximate surface area is 121 Å². The smallest absolute Gasteiger partial charge is 0.243 e. The van der Waals surface area contributed by atoms with Crippen LogP contribution in [0, 0.1) is 0 Å². The van der Waals surface area contributed by atoms with Crippen LogP contribution < -0.4 is 4.90 Å². The molecule has 0 spiro atoms. The van der Waals surface area contributed by atoms with Crippen molar-refractivity contribution in [2.45, 2.75) is 29.6 Å². The van der Waals surface area contributed by atoms with Gasteiger partial charge in [0, 0.05) is 10.5 Å². The van der Waals surface area contributed by atoms with Crippen LogP contribution >= 0.6 is 11.8 Å². The van der Waals surface area contributed by atoms with E-state index in [4.69, 9.17) is 5.11 Å². The van der Waals surface area contributed by atoms with E-state index in [0.717, 1.165) is 11.2 Å². The summed E-state index contributed by atoms with van der Waals surface area (Å²) in [6.45, 7) is 3.23. The summed E-state index contributed by atoms with van der Waals surface area (Å²) in [6.07, 6.45) is -0.228. The summed E-state index contributed by atoms with van der Waals surface area (Å²) in [4.78, 5) is 25.6. The van der Waals surface area contributed by atoms with E-state index in [0.29, 0.717) is 11.3 Å². The summed E-state index contributed by atoms with van der Waals surface area (Å²) in [5.74, 6) is -0.124. The molecule has 1 aliphatic rings. The number of carbonyl (C=O) groups excluding carboxylic acids is 2. The summed E-state index contributed by atoms with van der Waals surface area (Å²) >= 11 is 1.40. The molecule has 0 aromatic heterocycles. The number of aliphatic hydroxyl groups excluding tert-OH is 2. The number of nitrogens with zero attached hydrogens (tertiary/aromatic N) is 1. The second-order valence-corrected chi connectivity index (χ2v) is 6.87. The predicted octanol–water partition coefficient (Wildman–Crippen LogP) is 1.07. The molecule has 20 heavy (non-hydrogen) atoms. The molecule has 6 heteroatoms. The molecule has 2 rings (SSSR count). The average molecular weight is 295 g/mol. The molecule has 1 amide bonds. The van der Waals surface area contributed by atoms with E-state index in [-0.39, 0.29) is 12.5 Å². The molecule has 1 atom stereocenters. The third-order valence-corrected chi connectivity index (χ3v) is 4.37. The van der Waals surface area contributed by atoms with E-state index in [1.54, 1.807) is 32.0 Å². The van der Waals surface area contributed by atoms with E-state index >= 15 is 0 Å². The highest BCUT2D eigenvalue weighted by atomic mass is 32.2. The minimum atomic E-state index is -0.989. The summed E-state index contributed by atoms with van der Waals surface area (Å²) < 4.78 is -0.677. The lowest BCUT2D eigenvalue weighted by atomic mass is 10.1. The Balaban J connectivity index is 2.46. The van der Waals surface area contributed by atoms with Gasteiger partial charge in [-0.05, 0) is 32.0 Å². The number of thioether (sulfide) groups is 1. The number of fused-ring (bicyclic) bond motifs is 1. The number of hydrogen-bond acceptors (Lipinski definition) is 5. The number of amides is 1. The molecule has 1 aromatic carbocycles. The van der Waals surface area contributed by atoms with Gasteiger partial charge in [0.2, 0.25) is 5.91 Å². The highest BCUT2D eigenvalue weighted by molar-refractivity contribution is 8.01. The van der Waals surface area contributed by atoms with Crippen LogP contribution in [0.5, 0.6) is 0 Å². The van der Waals surface area contributed by atoms with Gasteiger partial charge in [-0.3, -0.25) is 9.59 Å². The highest BCUT2D eigenvalue weighted by Gasteiger charge is 2.40. The molecule has 1 heterocycles. The zero-order valence-electron chi connectivity index (χ0n) is 11.4. The molecule has 0 bridgehead atoms. The van der Waals surface area contributed by atoms with Crippen molar-refractivity contribution in [3.05, 3.63) is 23.8 Å². The molecule has 0 aliphatic carbocycles. The third-order valence-electron chi connectivity index (χ3n) is 3.14. The summed E-state index contributed by atoms with van der Waals surface area (Å²) in [5, 5.41) is 18.6. The lowest BCUT2D eigenvalue weighted by Crippen LogP contribution is -2.49. The maximum atomic E-state index is 12.5. The normalized spacial score (nSPS) is 18.6. The molecule has 1 unspecified atom stereocenters. The Hall–Kier alpha value is -1.37. The van der Waals surface area contributed by atoms with Gasteiger partial charge in [0.15, 0.2) is 0 Å². The van der Waals surface area contributed by atoms with E-state index in [1.165, 1.54) is 16.7 Å². The Morgan fingerprint density at radius 2 is 2.15 bits per heavy atom. The molecule has 0 saturated heterocycles. The van der Waals surface area contributed by atoms with Gasteiger partial charge in [-0.25, -0.2) is 0 Å². The van der Waals surface area contributed by atoms with Gasteiger partial charge in [0.1, 0.15) is 6.29 Å². The van der Waals surface area contributed by atoms with Crippen LogP contribution in [-0.2, 0) is 4.79 Å². The van der Waals surface area contributed by atoms with Crippen LogP contribution in [0.4, 0.5) is 5.69 Å². The van der Waals surface area contributed by atoms with Crippen molar-refractivity contribution in [1.29, 1.82) is 0 Å². The van der Waals surface area contributed by atoms with Crippen LogP contribution in [0.25, 0.3) is 0 Å². The van der Waals surface area contributed by atoms with Crippen molar-refractivity contribution in [2.75, 3.05) is 18.1 Å². The van der Waals surface area contributed by atoms with Crippen molar-refractivity contribution < 1.29 is 19.8 Å². The van der Waals surface area contributed by atoms with Crippen molar-refractivity contribution in [3.63, 3.8) is 0 Å². The number of aldehydes is 1. The van der Waals surface area contributed by atoms with Gasteiger partial charge in [-0.2, -0.15) is 0 Å². The number of hydrogen-bond donors (Lipinski definition) is 2. The first-order chi connectivity index (χ1) is 9.39. The molecule has 0 radical (unpaired) electrons. The molecular weight excluding hydrogens is 278 g/mol. The number of carbonyl (C=O) groups is 2. The van der Waals surface area contributed by atoms with Gasteiger partial charge in [0.05, 0.1) is 29.7 Å². The monoisotopic (exact) mass is 295 g/mol. The van der Waals surface area contributed by atoms with Crippen molar-refractivity contribution in [3.8, 4) is 0 Å². The molecule has 0 fully saturated rings. The quantitative estimate of drug-likeness (QED) is 0.812. The van der Waals surface area contributed by atoms with Crippen molar-refractivity contribution in [2.24, 2.45) is 0 Å². The maximum Gasteiger partial charge on any atom is 0.243 e. The Kier molecular flexibility index (Phi) is 4.17. The molecule has 1 aliphatic heterocycles. The summed E-state index contributed by atoms with van der Waals surface area (Å²) in [5.41, 5.74) is 1.21. The largest absolute Gasteiger partial charge is 0.394 e. The fraction of sp³-hybridized carbons (Fsp3) is 0.429. The lowest BCUT2D eigenvalue weighted by Gasteiger charge is -2.38. The van der Waals surface area contributed by atoms with Crippen LogP contribution in [0.3, 0.4) is 0 Å². The molecule has 1 aromatic rings. The van der Waals surface area contributed by atoms with E-state index in [2.05, 4.69) is 0 Å². The SMILES string of the molecule is CC1(C)Sc2cc(C=O)ccc2N(CC(O)CO)C1=O. The minimum absolute atomic E-state index is 0.0345. The zero-order valence-corrected chi connectivity index (χ0v) is 12.2. The summed E-state index contributed by atoms with van der Waals surface area (Å²) in [7, 11) is 0. The van der Waals surface area contributed by atoms with E-state index in [9.17, 15) is 14.7 Å². The van der Waals surface area contributed by atoms with Crippen molar-refractivity contribution >= 4 is 29.6 Å². The number of aliphatic hydroxyl groups is 2. The van der Waals surface area contributed by atoms with Gasteiger partial charge >= 0.3 is 0 Å². The Morgan fingerprint density at radius 3 is 2.75 bits per heavy atom. The molecular formula is C14H17NO4S. The molecule has 5 nitrogen and oxygen atoms in total. The number of benzene rings is 1. The van der Waals surface area contributed by atoms with E-state index < -0.39 is 17.5 Å². The lowest BCUT2D eigenvalue weighted by molar-refractivity contribution is -0.120. The van der Waals surface area contributed by atoms with Gasteiger partial charge in [-0.1, -0.05) is 0 Å². The fourth-order valence-electron chi connectivity index (χ4n) is 2.11. The molecule has 0 saturated carbocycles. The minimum Gasteiger partial charge on any atom is -0.394 e. The van der Waals surface area contributed by atoms with Crippen LogP contribution in [0.15, 0.2) is 23.1 Å². The topological polar surface area (TPSA) is 77.8 Å². The van der Waals surface area contributed by atoms with Gasteiger partial charge < -0.3 is 15.1 Å². The Morgan fingerprint density at radius 1 is 1.45 bits per heavy atom. The highest BCUT2D eigenvalue weighted by Crippen LogP contribution is 2.45. The number of β-amino-alcohol motifs (C(OH)–C–C–N with tert-alkyl or cyclic N) is 1. The fourth-order valence-corrected chi connectivity index (χ4v) is 3.34. The first-order valence-corrected chi connectivity index (χ1v) is 7.10. The predicted molar refractivity (Wildman–Crippen MR) is 77.2 cm³/mol. The Bertz CT molecular complexity index is 544. The van der Waals surface area contributed by atoms with Crippen LogP contribution in [0.1, 0.15) is 24.2 Å². The number of anilines is 1. The van der Waals surface area contributed by atoms with Crippen LogP contribution in [-0.4, -0.2) is 46.4 Å². The zero-order chi connectivity index (χ0) is 14.9. The third kappa shape index (κ3) is 2.72.